The number of nitrogen functional groups attached to an aromatic ring is 1. The lowest BCUT2D eigenvalue weighted by Gasteiger charge is -2.11. The molecule has 2 rings (SSSR count). The zero-order valence-corrected chi connectivity index (χ0v) is 11.8. The van der Waals surface area contributed by atoms with Gasteiger partial charge in [0.2, 0.25) is 5.88 Å². The number of aromatic nitrogens is 1. The summed E-state index contributed by atoms with van der Waals surface area (Å²) < 4.78 is 5.00. The Bertz CT molecular complexity index is 550. The summed E-state index contributed by atoms with van der Waals surface area (Å²) in [5.41, 5.74) is 7.83. The van der Waals surface area contributed by atoms with Gasteiger partial charge in [0.1, 0.15) is 0 Å². The third-order valence-electron chi connectivity index (χ3n) is 2.54. The maximum atomic E-state index is 6.09. The van der Waals surface area contributed by atoms with Gasteiger partial charge in [0.15, 0.2) is 0 Å². The van der Waals surface area contributed by atoms with Crippen molar-refractivity contribution in [2.45, 2.75) is 6.54 Å². The van der Waals surface area contributed by atoms with E-state index in [4.69, 9.17) is 33.7 Å². The van der Waals surface area contributed by atoms with Crippen LogP contribution in [0.4, 0.5) is 11.4 Å². The maximum Gasteiger partial charge on any atom is 0.212 e. The third kappa shape index (κ3) is 3.43. The number of methoxy groups -OCH3 is 1. The first kappa shape index (κ1) is 13.8. The fraction of sp³-hybridized carbons (Fsp3) is 0.154. The maximum absolute atomic E-state index is 6.09. The normalized spacial score (nSPS) is 10.3. The topological polar surface area (TPSA) is 60.2 Å². The van der Waals surface area contributed by atoms with Gasteiger partial charge in [-0.1, -0.05) is 29.3 Å². The number of nitrogens with zero attached hydrogens (tertiary/aromatic N) is 1. The van der Waals surface area contributed by atoms with E-state index in [1.54, 1.807) is 31.5 Å². The highest BCUT2D eigenvalue weighted by Gasteiger charge is 2.07. The lowest BCUT2D eigenvalue weighted by Crippen LogP contribution is -2.02. The van der Waals surface area contributed by atoms with Crippen LogP contribution < -0.4 is 15.8 Å². The fourth-order valence-corrected chi connectivity index (χ4v) is 2.23. The van der Waals surface area contributed by atoms with Crippen LogP contribution in [0.1, 0.15) is 5.56 Å². The Labute approximate surface area is 121 Å². The van der Waals surface area contributed by atoms with E-state index < -0.39 is 0 Å². The van der Waals surface area contributed by atoms with Crippen LogP contribution in [0.25, 0.3) is 0 Å². The Morgan fingerprint density at radius 1 is 1.26 bits per heavy atom. The van der Waals surface area contributed by atoms with Gasteiger partial charge in [-0.05, 0) is 17.7 Å². The molecule has 0 radical (unpaired) electrons. The van der Waals surface area contributed by atoms with E-state index in [0.717, 1.165) is 5.56 Å². The van der Waals surface area contributed by atoms with E-state index in [0.29, 0.717) is 33.8 Å². The Kier molecular flexibility index (Phi) is 4.35. The molecule has 0 amide bonds. The molecule has 0 aliphatic heterocycles. The van der Waals surface area contributed by atoms with Gasteiger partial charge in [0.05, 0.1) is 22.8 Å². The molecule has 6 heteroatoms. The minimum absolute atomic E-state index is 0.492. The summed E-state index contributed by atoms with van der Waals surface area (Å²) in [6.45, 7) is 0.556. The summed E-state index contributed by atoms with van der Waals surface area (Å²) in [5, 5.41) is 4.15. The molecule has 0 fully saturated rings. The number of hydrogen-bond acceptors (Lipinski definition) is 4. The molecule has 1 heterocycles. The Morgan fingerprint density at radius 2 is 1.95 bits per heavy atom. The van der Waals surface area contributed by atoms with E-state index in [2.05, 4.69) is 10.3 Å². The monoisotopic (exact) mass is 297 g/mol. The standard InChI is InChI=1S/C13H13Cl2N3O/c1-19-12-3-2-8(6-17-12)7-18-13-10(14)4-9(16)5-11(13)15/h2-6,18H,7,16H2,1H3. The third-order valence-corrected chi connectivity index (χ3v) is 3.14. The van der Waals surface area contributed by atoms with Gasteiger partial charge < -0.3 is 15.8 Å². The molecule has 1 aromatic carbocycles. The minimum Gasteiger partial charge on any atom is -0.481 e. The van der Waals surface area contributed by atoms with E-state index in [-0.39, 0.29) is 0 Å². The molecule has 0 spiro atoms. The van der Waals surface area contributed by atoms with Gasteiger partial charge in [0.25, 0.3) is 0 Å². The molecule has 2 aromatic rings. The van der Waals surface area contributed by atoms with Crippen LogP contribution >= 0.6 is 23.2 Å². The zero-order chi connectivity index (χ0) is 13.8. The Hall–Kier alpha value is -1.65. The van der Waals surface area contributed by atoms with Gasteiger partial charge in [-0.15, -0.1) is 0 Å². The summed E-state index contributed by atoms with van der Waals surface area (Å²) in [6, 6.07) is 7.02. The van der Waals surface area contributed by atoms with Crippen LogP contribution in [0.5, 0.6) is 5.88 Å². The van der Waals surface area contributed by atoms with Crippen molar-refractivity contribution in [1.29, 1.82) is 0 Å². The summed E-state index contributed by atoms with van der Waals surface area (Å²) in [4.78, 5) is 4.12. The number of anilines is 2. The molecule has 0 aliphatic carbocycles. The first-order valence-electron chi connectivity index (χ1n) is 5.57. The van der Waals surface area contributed by atoms with Crippen LogP contribution in [0, 0.1) is 0 Å². The minimum atomic E-state index is 0.492. The quantitative estimate of drug-likeness (QED) is 0.847. The number of nitrogens with two attached hydrogens (primary N) is 1. The van der Waals surface area contributed by atoms with Crippen molar-refractivity contribution in [3.05, 3.63) is 46.1 Å². The first-order valence-corrected chi connectivity index (χ1v) is 6.33. The van der Waals surface area contributed by atoms with Gasteiger partial charge in [-0.2, -0.15) is 0 Å². The van der Waals surface area contributed by atoms with Crippen molar-refractivity contribution in [2.75, 3.05) is 18.2 Å². The Balaban J connectivity index is 2.10. The fourth-order valence-electron chi connectivity index (χ4n) is 1.59. The van der Waals surface area contributed by atoms with Crippen molar-refractivity contribution in [1.82, 2.24) is 4.98 Å². The number of benzene rings is 1. The smallest absolute Gasteiger partial charge is 0.212 e. The number of ether oxygens (including phenoxy) is 1. The second kappa shape index (κ2) is 5.99. The zero-order valence-electron chi connectivity index (χ0n) is 10.3. The molecule has 0 aliphatic rings. The van der Waals surface area contributed by atoms with Crippen LogP contribution in [0.2, 0.25) is 10.0 Å². The van der Waals surface area contributed by atoms with Crippen molar-refractivity contribution in [3.63, 3.8) is 0 Å². The Morgan fingerprint density at radius 3 is 2.47 bits per heavy atom. The molecule has 0 saturated carbocycles. The number of pyridine rings is 1. The van der Waals surface area contributed by atoms with Crippen LogP contribution in [0.3, 0.4) is 0 Å². The molecule has 0 bridgehead atoms. The highest BCUT2D eigenvalue weighted by Crippen LogP contribution is 2.33. The van der Waals surface area contributed by atoms with Gasteiger partial charge in [-0.25, -0.2) is 4.98 Å². The summed E-state index contributed by atoms with van der Waals surface area (Å²) >= 11 is 12.2. The number of hydrogen-bond donors (Lipinski definition) is 2. The number of halogens is 2. The highest BCUT2D eigenvalue weighted by molar-refractivity contribution is 6.39. The molecule has 100 valence electrons. The lowest BCUT2D eigenvalue weighted by atomic mass is 10.2. The van der Waals surface area contributed by atoms with Crippen LogP contribution in [0.15, 0.2) is 30.5 Å². The van der Waals surface area contributed by atoms with Crippen molar-refractivity contribution in [3.8, 4) is 5.88 Å². The van der Waals surface area contributed by atoms with Crippen LogP contribution in [-0.2, 0) is 6.54 Å². The molecule has 0 unspecified atom stereocenters. The molecule has 0 saturated heterocycles. The summed E-state index contributed by atoms with van der Waals surface area (Å²) in [6.07, 6.45) is 1.73. The van der Waals surface area contributed by atoms with E-state index in [1.165, 1.54) is 0 Å². The molecular weight excluding hydrogens is 285 g/mol. The van der Waals surface area contributed by atoms with Crippen molar-refractivity contribution < 1.29 is 4.74 Å². The molecule has 4 nitrogen and oxygen atoms in total. The average Bonchev–Trinajstić information content (AvgIpc) is 2.38. The van der Waals surface area contributed by atoms with Gasteiger partial charge in [0, 0.05) is 24.5 Å². The van der Waals surface area contributed by atoms with Gasteiger partial charge >= 0.3 is 0 Å². The van der Waals surface area contributed by atoms with Crippen molar-refractivity contribution >= 4 is 34.6 Å². The number of rotatable bonds is 4. The molecule has 3 N–H and O–H groups in total. The molecule has 0 atom stereocenters. The van der Waals surface area contributed by atoms with E-state index in [9.17, 15) is 0 Å². The van der Waals surface area contributed by atoms with Crippen LogP contribution in [-0.4, -0.2) is 12.1 Å². The summed E-state index contributed by atoms with van der Waals surface area (Å²) in [7, 11) is 1.58. The second-order valence-electron chi connectivity index (χ2n) is 3.92. The SMILES string of the molecule is COc1ccc(CNc2c(Cl)cc(N)cc2Cl)cn1. The summed E-state index contributed by atoms with van der Waals surface area (Å²) in [5.74, 6) is 0.576. The van der Waals surface area contributed by atoms with E-state index in [1.807, 2.05) is 6.07 Å². The largest absolute Gasteiger partial charge is 0.481 e. The first-order chi connectivity index (χ1) is 9.10. The average molecular weight is 298 g/mol. The van der Waals surface area contributed by atoms with Gasteiger partial charge in [-0.3, -0.25) is 0 Å². The molecular formula is C13H13Cl2N3O. The predicted octanol–water partition coefficient (Wildman–Crippen LogP) is 3.59. The highest BCUT2D eigenvalue weighted by atomic mass is 35.5. The molecule has 19 heavy (non-hydrogen) atoms. The van der Waals surface area contributed by atoms with Crippen molar-refractivity contribution in [2.24, 2.45) is 0 Å². The second-order valence-corrected chi connectivity index (χ2v) is 4.74. The van der Waals surface area contributed by atoms with E-state index >= 15 is 0 Å². The lowest BCUT2D eigenvalue weighted by molar-refractivity contribution is 0.397. The predicted molar refractivity (Wildman–Crippen MR) is 79.0 cm³/mol. The number of nitrogens with one attached hydrogen (secondary N) is 1. The molecule has 1 aromatic heterocycles.